The molecule has 0 bridgehead atoms. The summed E-state index contributed by atoms with van der Waals surface area (Å²) in [6, 6.07) is 3.91. The molecule has 2 N–H and O–H groups in total. The summed E-state index contributed by atoms with van der Waals surface area (Å²) in [4.78, 5) is 17.9. The predicted octanol–water partition coefficient (Wildman–Crippen LogP) is 2.81. The summed E-state index contributed by atoms with van der Waals surface area (Å²) in [7, 11) is 0. The molecular weight excluding hydrogens is 292 g/mol. The molecule has 0 unspecified atom stereocenters. The third-order valence-corrected chi connectivity index (χ3v) is 3.37. The van der Waals surface area contributed by atoms with Gasteiger partial charge in [-0.2, -0.15) is 0 Å². The molecule has 2 aromatic rings. The number of hydrogen-bond donors (Lipinski definition) is 2. The number of aliphatic carboxylic acids is 1. The van der Waals surface area contributed by atoms with Gasteiger partial charge in [-0.1, -0.05) is 27.7 Å². The molecule has 2 rings (SSSR count). The molecule has 0 aliphatic heterocycles. The largest absolute Gasteiger partial charge is 0.481 e. The fourth-order valence-corrected chi connectivity index (χ4v) is 2.59. The number of carboxylic acids is 1. The van der Waals surface area contributed by atoms with E-state index in [0.717, 1.165) is 21.1 Å². The van der Waals surface area contributed by atoms with Gasteiger partial charge in [0.15, 0.2) is 5.16 Å². The molecule has 16 heavy (non-hydrogen) atoms. The molecule has 0 spiro atoms. The van der Waals surface area contributed by atoms with Crippen LogP contribution in [0, 0.1) is 6.92 Å². The highest BCUT2D eigenvalue weighted by atomic mass is 79.9. The number of imidazole rings is 1. The van der Waals surface area contributed by atoms with Crippen molar-refractivity contribution in [2.75, 3.05) is 5.75 Å². The molecule has 4 nitrogen and oxygen atoms in total. The van der Waals surface area contributed by atoms with E-state index in [1.165, 1.54) is 11.8 Å². The van der Waals surface area contributed by atoms with Crippen LogP contribution in [0.3, 0.4) is 0 Å². The van der Waals surface area contributed by atoms with E-state index in [9.17, 15) is 4.79 Å². The Bertz CT molecular complexity index is 553. The van der Waals surface area contributed by atoms with E-state index in [1.807, 2.05) is 19.1 Å². The SMILES string of the molecule is Cc1cc(Br)cc2[nH]c(SCC(=O)O)nc12. The number of benzene rings is 1. The average molecular weight is 301 g/mol. The minimum atomic E-state index is -0.844. The highest BCUT2D eigenvalue weighted by Gasteiger charge is 2.08. The standard InChI is InChI=1S/C10H9BrN2O2S/c1-5-2-6(11)3-7-9(5)13-10(12-7)16-4-8(14)15/h2-3H,4H2,1H3,(H,12,13)(H,14,15). The first-order chi connectivity index (χ1) is 7.56. The Balaban J connectivity index is 2.36. The number of nitrogens with one attached hydrogen (secondary N) is 1. The second kappa shape index (κ2) is 4.47. The topological polar surface area (TPSA) is 66.0 Å². The number of aryl methyl sites for hydroxylation is 1. The molecule has 1 aromatic heterocycles. The lowest BCUT2D eigenvalue weighted by Crippen LogP contribution is -1.97. The van der Waals surface area contributed by atoms with Crippen molar-refractivity contribution in [2.24, 2.45) is 0 Å². The van der Waals surface area contributed by atoms with Crippen molar-refractivity contribution in [2.45, 2.75) is 12.1 Å². The Morgan fingerprint density at radius 2 is 2.38 bits per heavy atom. The Kier molecular flexibility index (Phi) is 3.20. The van der Waals surface area contributed by atoms with Crippen LogP contribution >= 0.6 is 27.7 Å². The molecule has 0 fully saturated rings. The van der Waals surface area contributed by atoms with Gasteiger partial charge in [-0.15, -0.1) is 0 Å². The average Bonchev–Trinajstić information content (AvgIpc) is 2.57. The lowest BCUT2D eigenvalue weighted by Gasteiger charge is -1.94. The summed E-state index contributed by atoms with van der Waals surface area (Å²) in [6.07, 6.45) is 0. The van der Waals surface area contributed by atoms with Gasteiger partial charge in [-0.25, -0.2) is 4.98 Å². The minimum absolute atomic E-state index is 0.0139. The first kappa shape index (κ1) is 11.5. The van der Waals surface area contributed by atoms with Crippen molar-refractivity contribution in [3.63, 3.8) is 0 Å². The monoisotopic (exact) mass is 300 g/mol. The number of hydrogen-bond acceptors (Lipinski definition) is 3. The molecule has 0 atom stereocenters. The number of aromatic nitrogens is 2. The molecule has 0 amide bonds. The number of nitrogens with zero attached hydrogens (tertiary/aromatic N) is 1. The van der Waals surface area contributed by atoms with Crippen LogP contribution in [0.1, 0.15) is 5.56 Å². The third-order valence-electron chi connectivity index (χ3n) is 2.05. The summed E-state index contributed by atoms with van der Waals surface area (Å²) in [6.45, 7) is 1.97. The smallest absolute Gasteiger partial charge is 0.313 e. The molecule has 84 valence electrons. The molecular formula is C10H9BrN2O2S. The van der Waals surface area contributed by atoms with Crippen molar-refractivity contribution in [3.8, 4) is 0 Å². The van der Waals surface area contributed by atoms with Crippen molar-refractivity contribution in [1.29, 1.82) is 0 Å². The number of carboxylic acid groups (broad SMARTS) is 1. The Hall–Kier alpha value is -1.01. The van der Waals surface area contributed by atoms with E-state index in [4.69, 9.17) is 5.11 Å². The van der Waals surface area contributed by atoms with Crippen LogP contribution in [0.15, 0.2) is 21.8 Å². The molecule has 1 aromatic carbocycles. The van der Waals surface area contributed by atoms with Crippen molar-refractivity contribution in [3.05, 3.63) is 22.2 Å². The van der Waals surface area contributed by atoms with Gasteiger partial charge in [-0.3, -0.25) is 4.79 Å². The number of rotatable bonds is 3. The van der Waals surface area contributed by atoms with Crippen molar-refractivity contribution < 1.29 is 9.90 Å². The first-order valence-corrected chi connectivity index (χ1v) is 6.34. The van der Waals surface area contributed by atoms with Gasteiger partial charge in [-0.05, 0) is 24.6 Å². The summed E-state index contributed by atoms with van der Waals surface area (Å²) < 4.78 is 0.982. The Morgan fingerprint density at radius 1 is 1.62 bits per heavy atom. The van der Waals surface area contributed by atoms with Crippen LogP contribution in [0.5, 0.6) is 0 Å². The van der Waals surface area contributed by atoms with Crippen molar-refractivity contribution in [1.82, 2.24) is 9.97 Å². The minimum Gasteiger partial charge on any atom is -0.481 e. The van der Waals surface area contributed by atoms with Crippen LogP contribution in [0.4, 0.5) is 0 Å². The highest BCUT2D eigenvalue weighted by molar-refractivity contribution is 9.10. The zero-order valence-corrected chi connectivity index (χ0v) is 10.9. The van der Waals surface area contributed by atoms with Gasteiger partial charge in [0.05, 0.1) is 16.8 Å². The van der Waals surface area contributed by atoms with E-state index in [-0.39, 0.29) is 5.75 Å². The molecule has 1 heterocycles. The number of halogens is 1. The van der Waals surface area contributed by atoms with Crippen LogP contribution in [-0.2, 0) is 4.79 Å². The zero-order chi connectivity index (χ0) is 11.7. The Labute approximate surface area is 105 Å². The number of carbonyl (C=O) groups is 1. The highest BCUT2D eigenvalue weighted by Crippen LogP contribution is 2.25. The first-order valence-electron chi connectivity index (χ1n) is 4.56. The number of fused-ring (bicyclic) bond motifs is 1. The number of thioether (sulfide) groups is 1. The van der Waals surface area contributed by atoms with Crippen LogP contribution in [-0.4, -0.2) is 26.8 Å². The second-order valence-electron chi connectivity index (χ2n) is 3.34. The second-order valence-corrected chi connectivity index (χ2v) is 5.22. The predicted molar refractivity (Wildman–Crippen MR) is 66.9 cm³/mol. The van der Waals surface area contributed by atoms with E-state index < -0.39 is 5.97 Å². The van der Waals surface area contributed by atoms with Crippen LogP contribution in [0.25, 0.3) is 11.0 Å². The van der Waals surface area contributed by atoms with Gasteiger partial charge in [0.2, 0.25) is 0 Å². The van der Waals surface area contributed by atoms with Gasteiger partial charge in [0.25, 0.3) is 0 Å². The zero-order valence-electron chi connectivity index (χ0n) is 8.45. The summed E-state index contributed by atoms with van der Waals surface area (Å²) in [5.41, 5.74) is 2.86. The van der Waals surface area contributed by atoms with E-state index in [1.54, 1.807) is 0 Å². The van der Waals surface area contributed by atoms with E-state index in [2.05, 4.69) is 25.9 Å². The number of aromatic amines is 1. The lowest BCUT2D eigenvalue weighted by atomic mass is 10.2. The maximum Gasteiger partial charge on any atom is 0.313 e. The van der Waals surface area contributed by atoms with Gasteiger partial charge in [0, 0.05) is 4.47 Å². The fraction of sp³-hybridized carbons (Fsp3) is 0.200. The molecule has 0 radical (unpaired) electrons. The summed E-state index contributed by atoms with van der Waals surface area (Å²) in [5, 5.41) is 9.22. The van der Waals surface area contributed by atoms with Crippen LogP contribution in [0.2, 0.25) is 0 Å². The van der Waals surface area contributed by atoms with Gasteiger partial charge < -0.3 is 10.1 Å². The molecule has 0 saturated heterocycles. The molecule has 0 saturated carbocycles. The Morgan fingerprint density at radius 3 is 3.06 bits per heavy atom. The fourth-order valence-electron chi connectivity index (χ4n) is 1.42. The molecule has 0 aliphatic carbocycles. The molecule has 0 aliphatic rings. The van der Waals surface area contributed by atoms with E-state index >= 15 is 0 Å². The quantitative estimate of drug-likeness (QED) is 0.856. The maximum absolute atomic E-state index is 10.4. The normalized spacial score (nSPS) is 10.9. The molecule has 6 heteroatoms. The maximum atomic E-state index is 10.4. The van der Waals surface area contributed by atoms with Gasteiger partial charge >= 0.3 is 5.97 Å². The van der Waals surface area contributed by atoms with Crippen LogP contribution < -0.4 is 0 Å². The van der Waals surface area contributed by atoms with Crippen molar-refractivity contribution >= 4 is 44.7 Å². The summed E-state index contributed by atoms with van der Waals surface area (Å²) in [5.74, 6) is -0.830. The van der Waals surface area contributed by atoms with E-state index in [0.29, 0.717) is 5.16 Å². The summed E-state index contributed by atoms with van der Waals surface area (Å²) >= 11 is 4.59. The number of H-pyrrole nitrogens is 1. The van der Waals surface area contributed by atoms with Gasteiger partial charge in [0.1, 0.15) is 0 Å². The lowest BCUT2D eigenvalue weighted by molar-refractivity contribution is -0.133. The third kappa shape index (κ3) is 2.38.